The van der Waals surface area contributed by atoms with E-state index in [1.807, 2.05) is 0 Å². The van der Waals surface area contributed by atoms with Gasteiger partial charge in [-0.15, -0.1) is 0 Å². The van der Waals surface area contributed by atoms with Crippen LogP contribution in [0.2, 0.25) is 5.02 Å². The number of benzene rings is 2. The molecule has 19 atom stereocenters. The van der Waals surface area contributed by atoms with E-state index in [4.69, 9.17) is 40.0 Å². The molecule has 3 heterocycles. The van der Waals surface area contributed by atoms with Crippen molar-refractivity contribution in [3.63, 3.8) is 0 Å². The van der Waals surface area contributed by atoms with E-state index < -0.39 is 152 Å². The van der Waals surface area contributed by atoms with Gasteiger partial charge in [-0.2, -0.15) is 0 Å². The summed E-state index contributed by atoms with van der Waals surface area (Å²) in [5.74, 6) is 0.105. The predicted molar refractivity (Wildman–Crippen MR) is 264 cm³/mol. The highest BCUT2D eigenvalue weighted by molar-refractivity contribution is 7.90. The normalized spacial score (nSPS) is 35.9. The van der Waals surface area contributed by atoms with E-state index in [1.54, 1.807) is 24.3 Å². The summed E-state index contributed by atoms with van der Waals surface area (Å²) in [5.41, 5.74) is 1.19. The maximum Gasteiger partial charge on any atom is 0.328 e. The lowest BCUT2D eigenvalue weighted by molar-refractivity contribution is -0.373. The summed E-state index contributed by atoms with van der Waals surface area (Å²) in [5, 5.41) is 142. The Morgan fingerprint density at radius 2 is 1.32 bits per heavy atom. The molecule has 3 saturated heterocycles. The van der Waals surface area contributed by atoms with Crippen LogP contribution in [0, 0.1) is 0 Å². The first-order chi connectivity index (χ1) is 36.5. The van der Waals surface area contributed by atoms with Crippen LogP contribution in [0.1, 0.15) is 54.9 Å². The second-order valence-electron chi connectivity index (χ2n) is 19.3. The summed E-state index contributed by atoms with van der Waals surface area (Å²) in [6.07, 6.45) is -21.2. The van der Waals surface area contributed by atoms with Crippen LogP contribution in [-0.2, 0) is 40.1 Å². The lowest BCUT2D eigenvalue weighted by atomic mass is 9.86. The van der Waals surface area contributed by atoms with Crippen LogP contribution in [0.3, 0.4) is 0 Å². The molecule has 0 spiro atoms. The molecule has 0 aromatic heterocycles. The molecule has 7 rings (SSSR count). The minimum atomic E-state index is -3.97. The van der Waals surface area contributed by atoms with Crippen molar-refractivity contribution in [1.82, 2.24) is 20.7 Å². The smallest absolute Gasteiger partial charge is 0.328 e. The third-order valence-electron chi connectivity index (χ3n) is 14.0. The van der Waals surface area contributed by atoms with Crippen molar-refractivity contribution < 1.29 is 113 Å². The quantitative estimate of drug-likeness (QED) is 0.0660. The number of halogens is 1. The number of hydrogen-bond donors (Lipinski definition) is 17. The van der Waals surface area contributed by atoms with Crippen LogP contribution < -0.4 is 25.4 Å². The van der Waals surface area contributed by atoms with Gasteiger partial charge in [-0.25, -0.2) is 17.9 Å². The maximum atomic E-state index is 12.5. The summed E-state index contributed by atoms with van der Waals surface area (Å²) in [6.45, 7) is -0.417. The Bertz CT molecular complexity index is 2370. The molecule has 0 bridgehead atoms. The standard InChI is InChI=1S/C25H43NO18.C23H28ClN3O5S/c1-6-11(26-8-2-7(3-27)12(30)15(33)13(8)31)14(32)19(37)24(40-6)43-22-10(5-29)42-25(20(38)17(22)35)44-21-9(4-28)41-23(39)18(36)16(21)34;1-32-21-12-9-17(24)15-20(21)22(28)25-14-13-16-7-10-19(11-8-16)33(30,31)27-23(29)26-18-5-3-2-4-6-18/h2,6,8-39H,3-5H2,1H3;7-12,15,18H,2-6,13-14H2,1H3,(H,25,28)(H2,26,27,29)/t6-,8+,9-,10-,11-,12-,13+,14+,15+,16-,17-,18-,19-,20-,21-,22-,23-,24-,25-;/m1./s1. The number of urea groups is 1. The molecule has 27 nitrogen and oxygen atoms in total. The molecule has 29 heteroatoms. The lowest BCUT2D eigenvalue weighted by Crippen LogP contribution is -2.68. The zero-order chi connectivity index (χ0) is 56.5. The largest absolute Gasteiger partial charge is 0.496 e. The maximum absolute atomic E-state index is 12.5. The number of rotatable bonds is 17. The van der Waals surface area contributed by atoms with Crippen LogP contribution in [0.5, 0.6) is 5.75 Å². The number of carbonyl (C=O) groups is 2. The molecule has 3 aliphatic heterocycles. The molecule has 0 unspecified atom stereocenters. The van der Waals surface area contributed by atoms with Gasteiger partial charge in [-0.3, -0.25) is 4.79 Å². The number of nitrogens with one attached hydrogen (secondary N) is 4. The van der Waals surface area contributed by atoms with Gasteiger partial charge in [0.25, 0.3) is 15.9 Å². The Kier molecular flexibility index (Phi) is 22.7. The summed E-state index contributed by atoms with van der Waals surface area (Å²) < 4.78 is 59.6. The number of sulfonamides is 1. The first-order valence-corrected chi connectivity index (χ1v) is 26.8. The number of hydrogen-bond acceptors (Lipinski definition) is 24. The van der Waals surface area contributed by atoms with E-state index in [1.165, 1.54) is 38.3 Å². The van der Waals surface area contributed by atoms with Crippen LogP contribution in [0.25, 0.3) is 0 Å². The monoisotopic (exact) mass is 1140 g/mol. The minimum Gasteiger partial charge on any atom is -0.496 e. The number of ether oxygens (including phenoxy) is 6. The van der Waals surface area contributed by atoms with E-state index in [0.717, 1.165) is 37.7 Å². The summed E-state index contributed by atoms with van der Waals surface area (Å²) in [4.78, 5) is 24.5. The van der Waals surface area contributed by atoms with Crippen LogP contribution >= 0.6 is 11.6 Å². The minimum absolute atomic E-state index is 0.00209. The van der Waals surface area contributed by atoms with Gasteiger partial charge in [0.1, 0.15) is 85.1 Å². The van der Waals surface area contributed by atoms with E-state index in [-0.39, 0.29) is 22.4 Å². The average molecular weight is 1140 g/mol. The van der Waals surface area contributed by atoms with Gasteiger partial charge in [-0.1, -0.05) is 49.1 Å². The van der Waals surface area contributed by atoms with Gasteiger partial charge >= 0.3 is 6.03 Å². The molecule has 2 aromatic rings. The molecule has 1 saturated carbocycles. The number of aliphatic hydroxyl groups excluding tert-OH is 13. The summed E-state index contributed by atoms with van der Waals surface area (Å²) in [6, 6.07) is 8.12. The fraction of sp³-hybridized carbons (Fsp3) is 0.667. The van der Waals surface area contributed by atoms with Gasteiger partial charge in [0.2, 0.25) is 0 Å². The molecule has 5 aliphatic rings. The van der Waals surface area contributed by atoms with Crippen molar-refractivity contribution in [3.05, 3.63) is 70.3 Å². The summed E-state index contributed by atoms with van der Waals surface area (Å²) in [7, 11) is -2.49. The Balaban J connectivity index is 0.000000260. The van der Waals surface area contributed by atoms with Crippen molar-refractivity contribution in [1.29, 1.82) is 0 Å². The second kappa shape index (κ2) is 28.1. The van der Waals surface area contributed by atoms with Crippen molar-refractivity contribution in [2.45, 2.75) is 173 Å². The highest BCUT2D eigenvalue weighted by atomic mass is 35.5. The molecule has 3 amide bonds. The molecule has 4 fully saturated rings. The van der Waals surface area contributed by atoms with Crippen molar-refractivity contribution in [2.75, 3.05) is 33.5 Å². The first-order valence-electron chi connectivity index (χ1n) is 24.9. The fourth-order valence-electron chi connectivity index (χ4n) is 9.57. The topological polar surface area (TPSA) is 435 Å². The van der Waals surface area contributed by atoms with Crippen molar-refractivity contribution in [2.24, 2.45) is 0 Å². The highest BCUT2D eigenvalue weighted by Gasteiger charge is 2.53. The lowest BCUT2D eigenvalue weighted by Gasteiger charge is -2.48. The van der Waals surface area contributed by atoms with E-state index in [0.29, 0.717) is 29.3 Å². The molecule has 2 aliphatic carbocycles. The first kappa shape index (κ1) is 62.4. The zero-order valence-corrected chi connectivity index (χ0v) is 43.5. The number of amides is 3. The third kappa shape index (κ3) is 15.4. The van der Waals surface area contributed by atoms with Crippen LogP contribution in [-0.4, -0.2) is 243 Å². The van der Waals surface area contributed by atoms with Crippen molar-refractivity contribution >= 4 is 33.6 Å². The fourth-order valence-corrected chi connectivity index (χ4v) is 10.7. The molecule has 434 valence electrons. The zero-order valence-electron chi connectivity index (χ0n) is 41.9. The molecule has 17 N–H and O–H groups in total. The van der Waals surface area contributed by atoms with E-state index in [2.05, 4.69) is 20.7 Å². The third-order valence-corrected chi connectivity index (χ3v) is 15.6. The Labute approximate surface area is 448 Å². The summed E-state index contributed by atoms with van der Waals surface area (Å²) >= 11 is 5.96. The van der Waals surface area contributed by atoms with E-state index >= 15 is 0 Å². The predicted octanol–water partition coefficient (Wildman–Crippen LogP) is -4.92. The van der Waals surface area contributed by atoms with Gasteiger partial charge in [0.05, 0.1) is 55.6 Å². The van der Waals surface area contributed by atoms with Gasteiger partial charge in [0, 0.05) is 17.6 Å². The van der Waals surface area contributed by atoms with Gasteiger partial charge in [0.15, 0.2) is 18.9 Å². The average Bonchev–Trinajstić information content (AvgIpc) is 3.41. The number of carbonyl (C=O) groups excluding carboxylic acids is 2. The van der Waals surface area contributed by atoms with Gasteiger partial charge < -0.3 is 111 Å². The highest BCUT2D eigenvalue weighted by Crippen LogP contribution is 2.33. The van der Waals surface area contributed by atoms with Gasteiger partial charge in [-0.05, 0) is 67.7 Å². The molecular formula is C48H71ClN4O23S. The molecular weight excluding hydrogens is 1070 g/mol. The second-order valence-corrected chi connectivity index (χ2v) is 21.4. The van der Waals surface area contributed by atoms with Crippen LogP contribution in [0.15, 0.2) is 59.0 Å². The molecule has 2 aromatic carbocycles. The van der Waals surface area contributed by atoms with Crippen molar-refractivity contribution in [3.8, 4) is 5.75 Å². The Hall–Kier alpha value is -3.80. The molecule has 0 radical (unpaired) electrons. The number of methoxy groups -OCH3 is 1. The van der Waals surface area contributed by atoms with E-state index in [9.17, 15) is 84.4 Å². The Morgan fingerprint density at radius 1 is 0.727 bits per heavy atom. The SMILES string of the molecule is COc1ccc(Cl)cc1C(=O)NCCc1ccc(S(=O)(=O)NC(=O)NC2CCCCC2)cc1.C[C@H]1O[C@H](O[C@H]2[C@H](O)[C@@H](O)[C@@H](O[C@H]3[C@H](O)[C@@H](O)[C@H](O)O[C@@H]3CO)O[C@@H]2CO)[C@H](O)[C@@H](O)[C@@H]1N[C@H]1C=C(CO)[C@@H](O)[C@H](O)[C@H]1O. The van der Waals surface area contributed by atoms with Crippen LogP contribution in [0.4, 0.5) is 4.79 Å². The Morgan fingerprint density at radius 3 is 1.94 bits per heavy atom. The molecule has 77 heavy (non-hydrogen) atoms. The number of aliphatic hydroxyl groups is 13.